The first-order valence-electron chi connectivity index (χ1n) is 13.2. The van der Waals surface area contributed by atoms with Crippen LogP contribution in [0, 0.1) is 28.6 Å². The second kappa shape index (κ2) is 10.9. The molecule has 3 N–H and O–H groups in total. The van der Waals surface area contributed by atoms with Crippen LogP contribution in [0.5, 0.6) is 0 Å². The van der Waals surface area contributed by atoms with Crippen LogP contribution in [0.25, 0.3) is 5.52 Å². The number of hydrogen-bond donors (Lipinski definition) is 2. The van der Waals surface area contributed by atoms with Crippen LogP contribution < -0.4 is 5.73 Å². The number of aliphatic hydroxyl groups excluding tert-OH is 1. The smallest absolute Gasteiger partial charge is 0.309 e. The summed E-state index contributed by atoms with van der Waals surface area (Å²) in [5.41, 5.74) is 4.28. The number of aromatic nitrogens is 3. The van der Waals surface area contributed by atoms with Crippen molar-refractivity contribution in [2.45, 2.75) is 90.1 Å². The van der Waals surface area contributed by atoms with Gasteiger partial charge in [-0.1, -0.05) is 47.0 Å². The number of aliphatic hydroxyl groups is 1. The number of ether oxygens (including phenoxy) is 3. The number of anilines is 1. The highest BCUT2D eigenvalue weighted by Gasteiger charge is 2.60. The summed E-state index contributed by atoms with van der Waals surface area (Å²) in [7, 11) is 0. The van der Waals surface area contributed by atoms with Crippen LogP contribution in [0.1, 0.15) is 71.9 Å². The molecule has 0 amide bonds. The summed E-state index contributed by atoms with van der Waals surface area (Å²) < 4.78 is 18.8. The van der Waals surface area contributed by atoms with E-state index in [4.69, 9.17) is 19.9 Å². The maximum atomic E-state index is 13.0. The van der Waals surface area contributed by atoms with E-state index >= 15 is 0 Å². The molecular formula is C27H37N5O6. The Morgan fingerprint density at radius 2 is 2.03 bits per heavy atom. The summed E-state index contributed by atoms with van der Waals surface area (Å²) in [4.78, 5) is 29.7. The van der Waals surface area contributed by atoms with Gasteiger partial charge in [-0.3, -0.25) is 9.59 Å². The number of nitrogens with zero attached hydrogens (tertiary/aromatic N) is 4. The zero-order chi connectivity index (χ0) is 27.7. The Morgan fingerprint density at radius 1 is 1.32 bits per heavy atom. The molecule has 4 rings (SSSR count). The monoisotopic (exact) mass is 527 g/mol. The van der Waals surface area contributed by atoms with Gasteiger partial charge in [-0.15, -0.1) is 0 Å². The lowest BCUT2D eigenvalue weighted by atomic mass is 9.82. The summed E-state index contributed by atoms with van der Waals surface area (Å²) in [6.07, 6.45) is 2.73. The zero-order valence-electron chi connectivity index (χ0n) is 22.4. The minimum Gasteiger partial charge on any atom is -0.463 e. The minimum absolute atomic E-state index is 0.184. The Morgan fingerprint density at radius 3 is 2.68 bits per heavy atom. The van der Waals surface area contributed by atoms with E-state index in [9.17, 15) is 20.0 Å². The van der Waals surface area contributed by atoms with Gasteiger partial charge >= 0.3 is 11.9 Å². The number of carbonyl (C=O) groups is 2. The van der Waals surface area contributed by atoms with Gasteiger partial charge < -0.3 is 25.1 Å². The summed E-state index contributed by atoms with van der Waals surface area (Å²) >= 11 is 0. The molecule has 0 unspecified atom stereocenters. The van der Waals surface area contributed by atoms with Crippen LogP contribution in [0.15, 0.2) is 18.5 Å². The molecule has 11 heteroatoms. The molecule has 38 heavy (non-hydrogen) atoms. The van der Waals surface area contributed by atoms with Gasteiger partial charge in [0, 0.05) is 6.42 Å². The van der Waals surface area contributed by atoms with Crippen molar-refractivity contribution < 1.29 is 28.9 Å². The first kappa shape index (κ1) is 27.8. The van der Waals surface area contributed by atoms with Gasteiger partial charge in [0.25, 0.3) is 0 Å². The highest BCUT2D eigenvalue weighted by molar-refractivity contribution is 5.73. The summed E-state index contributed by atoms with van der Waals surface area (Å²) in [5.74, 6) is -0.954. The number of hydrogen-bond acceptors (Lipinski definition) is 10. The van der Waals surface area contributed by atoms with Crippen LogP contribution in [-0.2, 0) is 29.4 Å². The molecule has 2 fully saturated rings. The lowest BCUT2D eigenvalue weighted by Gasteiger charge is -2.27. The second-order valence-corrected chi connectivity index (χ2v) is 11.5. The van der Waals surface area contributed by atoms with E-state index < -0.39 is 41.8 Å². The van der Waals surface area contributed by atoms with Crippen molar-refractivity contribution in [3.8, 4) is 6.07 Å². The van der Waals surface area contributed by atoms with E-state index in [1.807, 2.05) is 20.8 Å². The number of carbonyl (C=O) groups excluding carboxylic acids is 2. The quantitative estimate of drug-likeness (QED) is 0.512. The number of nitrogen functional groups attached to an aromatic ring is 1. The van der Waals surface area contributed by atoms with Crippen molar-refractivity contribution in [1.82, 2.24) is 14.6 Å². The standard InChI is InChI=1S/C27H37N5O6/c1-16(26(2,3)4)25(35)36-13-19-22(37-21(33)12-17-8-6-5-7-9-17)23(34)27(14-28,38-19)20-11-10-18-24(29)30-15-31-32(18)20/h10-11,15-17,19,22-23,34H,5-9,12-13H2,1-4H3,(H2,29,30,31)/t16-,19+,22+,23+,27-/m0/s1. The Kier molecular flexibility index (Phi) is 7.95. The molecule has 3 heterocycles. The van der Waals surface area contributed by atoms with E-state index in [-0.39, 0.29) is 35.9 Å². The SMILES string of the molecule is C[C@@H](C(=O)OC[C@H]1O[C@@](C#N)(c2ccc3c(N)ncnn23)[C@H](O)[C@@H]1OC(=O)CC1CCCCC1)C(C)(C)C. The largest absolute Gasteiger partial charge is 0.463 e. The lowest BCUT2D eigenvalue weighted by Crippen LogP contribution is -2.43. The maximum absolute atomic E-state index is 13.0. The first-order chi connectivity index (χ1) is 18.0. The third-order valence-corrected chi connectivity index (χ3v) is 7.95. The molecule has 0 radical (unpaired) electrons. The van der Waals surface area contributed by atoms with Crippen LogP contribution in [0.3, 0.4) is 0 Å². The maximum Gasteiger partial charge on any atom is 0.309 e. The molecule has 1 saturated carbocycles. The van der Waals surface area contributed by atoms with Crippen molar-refractivity contribution >= 4 is 23.3 Å². The molecule has 2 aliphatic rings. The van der Waals surface area contributed by atoms with E-state index in [2.05, 4.69) is 16.2 Å². The van der Waals surface area contributed by atoms with E-state index in [0.717, 1.165) is 32.1 Å². The van der Waals surface area contributed by atoms with E-state index in [1.165, 1.54) is 10.8 Å². The third-order valence-electron chi connectivity index (χ3n) is 7.95. The van der Waals surface area contributed by atoms with Crippen LogP contribution in [-0.4, -0.2) is 56.6 Å². The predicted octanol–water partition coefficient (Wildman–Crippen LogP) is 2.90. The van der Waals surface area contributed by atoms with Gasteiger partial charge in [-0.25, -0.2) is 9.50 Å². The topological polar surface area (TPSA) is 162 Å². The van der Waals surface area contributed by atoms with Crippen molar-refractivity contribution in [1.29, 1.82) is 5.26 Å². The molecule has 0 spiro atoms. The fraction of sp³-hybridized carbons (Fsp3) is 0.667. The molecule has 1 aliphatic heterocycles. The molecular weight excluding hydrogens is 490 g/mol. The molecule has 11 nitrogen and oxygen atoms in total. The lowest BCUT2D eigenvalue weighted by molar-refractivity contribution is -0.164. The summed E-state index contributed by atoms with van der Waals surface area (Å²) in [5, 5.41) is 26.0. The molecule has 2 aromatic heterocycles. The zero-order valence-corrected chi connectivity index (χ0v) is 22.4. The third kappa shape index (κ3) is 5.33. The average molecular weight is 528 g/mol. The van der Waals surface area contributed by atoms with Gasteiger partial charge in [0.15, 0.2) is 11.9 Å². The van der Waals surface area contributed by atoms with Crippen molar-refractivity contribution in [3.05, 3.63) is 24.2 Å². The van der Waals surface area contributed by atoms with Crippen molar-refractivity contribution in [2.75, 3.05) is 12.3 Å². The van der Waals surface area contributed by atoms with Crippen LogP contribution in [0.4, 0.5) is 5.82 Å². The number of fused-ring (bicyclic) bond motifs is 1. The number of nitrogens with two attached hydrogens (primary N) is 1. The second-order valence-electron chi connectivity index (χ2n) is 11.5. The highest BCUT2D eigenvalue weighted by atomic mass is 16.6. The number of nitriles is 1. The van der Waals surface area contributed by atoms with Crippen LogP contribution >= 0.6 is 0 Å². The molecule has 5 atom stereocenters. The van der Waals surface area contributed by atoms with E-state index in [1.54, 1.807) is 19.1 Å². The Hall–Kier alpha value is -3.23. The Bertz CT molecular complexity index is 1210. The molecule has 0 bridgehead atoms. The van der Waals surface area contributed by atoms with Gasteiger partial charge in [0.05, 0.1) is 11.6 Å². The fourth-order valence-electron chi connectivity index (χ4n) is 5.14. The highest BCUT2D eigenvalue weighted by Crippen LogP contribution is 2.42. The molecule has 2 aromatic rings. The van der Waals surface area contributed by atoms with Gasteiger partial charge in [-0.05, 0) is 36.3 Å². The van der Waals surface area contributed by atoms with Crippen molar-refractivity contribution in [3.63, 3.8) is 0 Å². The van der Waals surface area contributed by atoms with Gasteiger partial charge in [-0.2, -0.15) is 10.4 Å². The normalized spacial score (nSPS) is 27.1. The molecule has 206 valence electrons. The molecule has 1 aliphatic carbocycles. The van der Waals surface area contributed by atoms with Gasteiger partial charge in [0.2, 0.25) is 5.60 Å². The Balaban J connectivity index is 1.62. The van der Waals surface area contributed by atoms with E-state index in [0.29, 0.717) is 5.52 Å². The molecule has 1 saturated heterocycles. The number of esters is 2. The summed E-state index contributed by atoms with van der Waals surface area (Å²) in [6.45, 7) is 7.25. The average Bonchev–Trinajstić information content (AvgIpc) is 3.43. The van der Waals surface area contributed by atoms with Crippen LogP contribution in [0.2, 0.25) is 0 Å². The molecule has 0 aromatic carbocycles. The number of rotatable bonds is 7. The van der Waals surface area contributed by atoms with Crippen molar-refractivity contribution in [2.24, 2.45) is 17.3 Å². The minimum atomic E-state index is -1.96. The van der Waals surface area contributed by atoms with Gasteiger partial charge in [0.1, 0.15) is 36.7 Å². The first-order valence-corrected chi connectivity index (χ1v) is 13.2. The fourth-order valence-corrected chi connectivity index (χ4v) is 5.14. The Labute approximate surface area is 222 Å². The predicted molar refractivity (Wildman–Crippen MR) is 136 cm³/mol. The summed E-state index contributed by atoms with van der Waals surface area (Å²) in [6, 6.07) is 5.24.